The Bertz CT molecular complexity index is 1870. The van der Waals surface area contributed by atoms with Crippen LogP contribution in [0, 0.1) is 0 Å². The summed E-state index contributed by atoms with van der Waals surface area (Å²) in [6, 6.07) is 10.4. The normalized spacial score (nSPS) is 11.5. The molecule has 3 aromatic rings. The number of aromatic hydroxyl groups is 1. The fourth-order valence-electron chi connectivity index (χ4n) is 4.69. The Balaban J connectivity index is 1.88. The van der Waals surface area contributed by atoms with Gasteiger partial charge in [0, 0.05) is 34.2 Å². The lowest BCUT2D eigenvalue weighted by Crippen LogP contribution is -2.50. The van der Waals surface area contributed by atoms with Crippen molar-refractivity contribution in [3.05, 3.63) is 77.4 Å². The van der Waals surface area contributed by atoms with E-state index >= 15 is 0 Å². The Morgan fingerprint density at radius 2 is 1.13 bits per heavy atom. The van der Waals surface area contributed by atoms with Crippen molar-refractivity contribution in [2.75, 3.05) is 6.54 Å². The van der Waals surface area contributed by atoms with Gasteiger partial charge in [0.2, 0.25) is 11.8 Å². The summed E-state index contributed by atoms with van der Waals surface area (Å²) in [5, 5.41) is 17.2. The Morgan fingerprint density at radius 1 is 0.654 bits per heavy atom. The number of nitrogens with one attached hydrogen (secondary N) is 3. The van der Waals surface area contributed by atoms with Gasteiger partial charge in [-0.3, -0.25) is 38.4 Å². The van der Waals surface area contributed by atoms with Crippen molar-refractivity contribution >= 4 is 47.5 Å². The number of hydrogen-bond acceptors (Lipinski definition) is 13. The van der Waals surface area contributed by atoms with E-state index in [1.165, 1.54) is 60.7 Å². The Morgan fingerprint density at radius 3 is 1.60 bits per heavy atom. The molecule has 3 rings (SSSR count). The molecule has 0 spiro atoms. The molecule has 0 saturated heterocycles. The first-order valence-corrected chi connectivity index (χ1v) is 15.5. The van der Waals surface area contributed by atoms with Crippen LogP contribution < -0.4 is 40.6 Å². The second-order valence-corrected chi connectivity index (χ2v) is 11.0. The molecular weight excluding hydrogens is 684 g/mol. The van der Waals surface area contributed by atoms with Gasteiger partial charge < -0.3 is 45.7 Å². The zero-order valence-electron chi connectivity index (χ0n) is 28.5. The molecule has 0 saturated carbocycles. The van der Waals surface area contributed by atoms with Gasteiger partial charge in [-0.25, -0.2) is 0 Å². The van der Waals surface area contributed by atoms with E-state index in [1.54, 1.807) is 0 Å². The van der Waals surface area contributed by atoms with Crippen molar-refractivity contribution in [3.8, 4) is 28.7 Å². The van der Waals surface area contributed by atoms with E-state index < -0.39 is 65.3 Å². The number of amides is 4. The van der Waals surface area contributed by atoms with E-state index in [2.05, 4.69) is 16.0 Å². The average molecular weight is 721 g/mol. The van der Waals surface area contributed by atoms with Crippen molar-refractivity contribution in [3.63, 3.8) is 0 Å². The SMILES string of the molecule is CC(=O)Oc1cccc(C(=O)NCCCC(NC(=O)c2cccc(OC(C)=O)c2OC(C)=O)C(=O)NC(C(N)=O)c2ccc(O)cc2)c1OC(C)=O. The number of carbonyl (C=O) groups excluding carboxylic acids is 8. The maximum absolute atomic E-state index is 13.6. The molecule has 0 aliphatic heterocycles. The predicted molar refractivity (Wildman–Crippen MR) is 179 cm³/mol. The lowest BCUT2D eigenvalue weighted by molar-refractivity contribution is -0.134. The molecule has 17 nitrogen and oxygen atoms in total. The fourth-order valence-corrected chi connectivity index (χ4v) is 4.69. The molecule has 0 fully saturated rings. The van der Waals surface area contributed by atoms with Gasteiger partial charge in [0.05, 0.1) is 11.1 Å². The highest BCUT2D eigenvalue weighted by molar-refractivity contribution is 6.02. The summed E-state index contributed by atoms with van der Waals surface area (Å²) < 4.78 is 20.4. The molecule has 0 aliphatic rings. The van der Waals surface area contributed by atoms with Crippen molar-refractivity contribution in [2.45, 2.75) is 52.6 Å². The third-order valence-electron chi connectivity index (χ3n) is 6.82. The lowest BCUT2D eigenvalue weighted by Gasteiger charge is -2.23. The first-order chi connectivity index (χ1) is 24.6. The van der Waals surface area contributed by atoms with Crippen LogP contribution in [-0.2, 0) is 28.8 Å². The number of nitrogens with two attached hydrogens (primary N) is 1. The number of ether oxygens (including phenoxy) is 4. The maximum atomic E-state index is 13.6. The molecule has 4 amide bonds. The third kappa shape index (κ3) is 11.4. The first-order valence-electron chi connectivity index (χ1n) is 15.5. The van der Waals surface area contributed by atoms with Crippen molar-refractivity contribution in [1.82, 2.24) is 16.0 Å². The number of esters is 4. The van der Waals surface area contributed by atoms with Crippen LogP contribution in [0.4, 0.5) is 0 Å². The summed E-state index contributed by atoms with van der Waals surface area (Å²) in [7, 11) is 0. The van der Waals surface area contributed by atoms with Crippen molar-refractivity contribution in [2.24, 2.45) is 5.73 Å². The summed E-state index contributed by atoms with van der Waals surface area (Å²) >= 11 is 0. The molecule has 2 unspecified atom stereocenters. The van der Waals surface area contributed by atoms with E-state index in [9.17, 15) is 43.5 Å². The number of primary amides is 1. The molecule has 274 valence electrons. The number of hydrogen-bond donors (Lipinski definition) is 5. The molecule has 0 radical (unpaired) electrons. The third-order valence-corrected chi connectivity index (χ3v) is 6.82. The van der Waals surface area contributed by atoms with Gasteiger partial charge in [0.15, 0.2) is 23.0 Å². The van der Waals surface area contributed by atoms with Crippen LogP contribution in [0.15, 0.2) is 60.7 Å². The average Bonchev–Trinajstić information content (AvgIpc) is 3.05. The molecular formula is C35H36N4O13. The Kier molecular flexibility index (Phi) is 13.9. The van der Waals surface area contributed by atoms with Crippen LogP contribution in [0.5, 0.6) is 28.7 Å². The van der Waals surface area contributed by atoms with Crippen LogP contribution in [0.2, 0.25) is 0 Å². The van der Waals surface area contributed by atoms with E-state index in [1.807, 2.05) is 0 Å². The monoisotopic (exact) mass is 720 g/mol. The van der Waals surface area contributed by atoms with Gasteiger partial charge in [0.1, 0.15) is 17.8 Å². The van der Waals surface area contributed by atoms with Crippen LogP contribution in [0.1, 0.15) is 72.9 Å². The molecule has 2 atom stereocenters. The Hall–Kier alpha value is -6.78. The van der Waals surface area contributed by atoms with Gasteiger partial charge >= 0.3 is 23.9 Å². The predicted octanol–water partition coefficient (Wildman–Crippen LogP) is 1.74. The van der Waals surface area contributed by atoms with Gasteiger partial charge in [-0.15, -0.1) is 0 Å². The molecule has 0 bridgehead atoms. The van der Waals surface area contributed by atoms with Crippen molar-refractivity contribution < 1.29 is 62.4 Å². The topological polar surface area (TPSA) is 256 Å². The summed E-state index contributed by atoms with van der Waals surface area (Å²) in [5.74, 6) is -7.83. The van der Waals surface area contributed by atoms with Gasteiger partial charge in [0.25, 0.3) is 11.8 Å². The van der Waals surface area contributed by atoms with E-state index in [0.717, 1.165) is 27.7 Å². The van der Waals surface area contributed by atoms with E-state index in [-0.39, 0.29) is 59.1 Å². The van der Waals surface area contributed by atoms with Crippen molar-refractivity contribution in [1.29, 1.82) is 0 Å². The zero-order chi connectivity index (χ0) is 38.5. The molecule has 3 aromatic carbocycles. The smallest absolute Gasteiger partial charge is 0.308 e. The highest BCUT2D eigenvalue weighted by Crippen LogP contribution is 2.33. The summed E-state index contributed by atoms with van der Waals surface area (Å²) in [6.07, 6.45) is -0.128. The first kappa shape index (κ1) is 39.7. The molecule has 0 aliphatic carbocycles. The second kappa shape index (κ2) is 18.3. The number of benzene rings is 3. The quantitative estimate of drug-likeness (QED) is 0.0853. The minimum atomic E-state index is -1.41. The van der Waals surface area contributed by atoms with E-state index in [0.29, 0.717) is 0 Å². The highest BCUT2D eigenvalue weighted by atomic mass is 16.6. The van der Waals surface area contributed by atoms with Crippen LogP contribution in [0.3, 0.4) is 0 Å². The Labute approximate surface area is 296 Å². The largest absolute Gasteiger partial charge is 0.508 e. The molecule has 17 heteroatoms. The van der Waals surface area contributed by atoms with Gasteiger partial charge in [-0.1, -0.05) is 24.3 Å². The molecule has 0 aromatic heterocycles. The minimum Gasteiger partial charge on any atom is -0.508 e. The molecule has 6 N–H and O–H groups in total. The number of para-hydroxylation sites is 2. The molecule has 0 heterocycles. The van der Waals surface area contributed by atoms with Gasteiger partial charge in [-0.05, 0) is 54.8 Å². The zero-order valence-corrected chi connectivity index (χ0v) is 28.5. The number of phenolic OH excluding ortho intramolecular Hbond substituents is 1. The highest BCUT2D eigenvalue weighted by Gasteiger charge is 2.29. The lowest BCUT2D eigenvalue weighted by atomic mass is 10.0. The fraction of sp³-hybridized carbons (Fsp3) is 0.257. The number of phenols is 1. The number of rotatable bonds is 15. The standard InChI is InChI=1S/C35H36N4O13/c1-18(40)49-27-11-5-8-24(30(27)51-20(3)42)33(46)37-17-7-10-26(35(48)39-29(32(36)45)22-13-15-23(44)16-14-22)38-34(47)25-9-6-12-28(50-19(2)41)31(25)52-21(4)43/h5-6,8-9,11-16,26,29,44H,7,10,17H2,1-4H3,(H2,36,45)(H,37,46)(H,38,47)(H,39,48). The minimum absolute atomic E-state index is 0.0291. The van der Waals surface area contributed by atoms with Crippen LogP contribution >= 0.6 is 0 Å². The summed E-state index contributed by atoms with van der Waals surface area (Å²) in [5.41, 5.74) is 5.36. The number of carbonyl (C=O) groups is 8. The van der Waals surface area contributed by atoms with Gasteiger partial charge in [-0.2, -0.15) is 0 Å². The van der Waals surface area contributed by atoms with Crippen LogP contribution in [0.25, 0.3) is 0 Å². The second-order valence-electron chi connectivity index (χ2n) is 11.0. The summed E-state index contributed by atoms with van der Waals surface area (Å²) in [6.45, 7) is 4.28. The molecule has 52 heavy (non-hydrogen) atoms. The maximum Gasteiger partial charge on any atom is 0.308 e. The van der Waals surface area contributed by atoms with Crippen LogP contribution in [-0.4, -0.2) is 65.2 Å². The van der Waals surface area contributed by atoms with E-state index in [4.69, 9.17) is 24.7 Å². The summed E-state index contributed by atoms with van der Waals surface area (Å²) in [4.78, 5) is 99.5.